The molecule has 0 atom stereocenters. The number of hydrogen-bond acceptors (Lipinski definition) is 11. The van der Waals surface area contributed by atoms with Crippen LogP contribution in [0, 0.1) is 13.8 Å². The first kappa shape index (κ1) is 40.4. The van der Waals surface area contributed by atoms with Crippen molar-refractivity contribution in [2.75, 3.05) is 117 Å². The summed E-state index contributed by atoms with van der Waals surface area (Å²) in [5.74, 6) is 0.419. The van der Waals surface area contributed by atoms with Crippen LogP contribution < -0.4 is 10.9 Å². The summed E-state index contributed by atoms with van der Waals surface area (Å²) in [6.07, 6.45) is 1.17. The second-order valence-electron chi connectivity index (χ2n) is 13.4. The second-order valence-corrected chi connectivity index (χ2v) is 13.4. The van der Waals surface area contributed by atoms with E-state index in [2.05, 4.69) is 15.1 Å². The fourth-order valence-corrected chi connectivity index (χ4v) is 6.38. The fourth-order valence-electron chi connectivity index (χ4n) is 6.38. The molecule has 2 aliphatic rings. The summed E-state index contributed by atoms with van der Waals surface area (Å²) in [5, 5.41) is 3.51. The zero-order chi connectivity index (χ0) is 37.3. The Balaban J connectivity index is 1.14. The average Bonchev–Trinajstić information content (AvgIpc) is 3.16. The van der Waals surface area contributed by atoms with Crippen LogP contribution in [0.4, 0.5) is 5.69 Å². The highest BCUT2D eigenvalue weighted by Gasteiger charge is 2.22. The van der Waals surface area contributed by atoms with Gasteiger partial charge in [0.2, 0.25) is 11.8 Å². The summed E-state index contributed by atoms with van der Waals surface area (Å²) in [4.78, 5) is 50.8. The van der Waals surface area contributed by atoms with Crippen molar-refractivity contribution in [1.29, 1.82) is 0 Å². The van der Waals surface area contributed by atoms with E-state index in [1.807, 2.05) is 50.2 Å². The molecular weight excluding hydrogens is 680 g/mol. The smallest absolute Gasteiger partial charge is 0.261 e. The zero-order valence-corrected chi connectivity index (χ0v) is 31.4. The van der Waals surface area contributed by atoms with Crippen molar-refractivity contribution in [3.8, 4) is 0 Å². The molecule has 2 amide bonds. The first-order chi connectivity index (χ1) is 25.9. The van der Waals surface area contributed by atoms with Gasteiger partial charge in [0.05, 0.1) is 83.5 Å². The normalized spacial score (nSPS) is 18.3. The number of ether oxygens (including phenoxy) is 5. The highest BCUT2D eigenvalue weighted by atomic mass is 16.5. The van der Waals surface area contributed by atoms with Crippen LogP contribution in [-0.4, -0.2) is 148 Å². The number of rotatable bonds is 9. The molecule has 5 rings (SSSR count). The third-order valence-corrected chi connectivity index (χ3v) is 9.54. The number of fused-ring (bicyclic) bond motifs is 1. The van der Waals surface area contributed by atoms with Crippen molar-refractivity contribution in [3.05, 3.63) is 69.8 Å². The van der Waals surface area contributed by atoms with Gasteiger partial charge in [-0.25, -0.2) is 4.98 Å². The van der Waals surface area contributed by atoms with Crippen molar-refractivity contribution >= 4 is 28.4 Å². The lowest BCUT2D eigenvalue weighted by Gasteiger charge is -2.28. The summed E-state index contributed by atoms with van der Waals surface area (Å²) in [7, 11) is 0. The third kappa shape index (κ3) is 13.0. The number of carbonyl (C=O) groups excluding carboxylic acids is 2. The Hall–Kier alpha value is -3.76. The fraction of sp³-hybridized carbons (Fsp3) is 0.590. The number of aryl methyl sites for hydroxylation is 2. The summed E-state index contributed by atoms with van der Waals surface area (Å²) in [6.45, 7) is 13.3. The van der Waals surface area contributed by atoms with Crippen molar-refractivity contribution in [2.45, 2.75) is 39.8 Å². The lowest BCUT2D eigenvalue weighted by atomic mass is 10.1. The Labute approximate surface area is 312 Å². The molecule has 0 unspecified atom stereocenters. The SMILES string of the molecule is Cc1ccccc1NC(=O)CCCN1CCOCCOCCN(Cc2nc3c(C)cccc3c(=O)n2CC(=O)N2CCOCC2)CCOCCOCC1. The largest absolute Gasteiger partial charge is 0.378 e. The molecule has 0 bridgehead atoms. The summed E-state index contributed by atoms with van der Waals surface area (Å²) >= 11 is 0. The van der Waals surface area contributed by atoms with Gasteiger partial charge in [0.15, 0.2) is 0 Å². The minimum atomic E-state index is -0.222. The van der Waals surface area contributed by atoms with Gasteiger partial charge in [-0.05, 0) is 50.1 Å². The van der Waals surface area contributed by atoms with Crippen molar-refractivity contribution in [1.82, 2.24) is 24.3 Å². The Kier molecular flexibility index (Phi) is 16.6. The topological polar surface area (TPSA) is 137 Å². The molecular formula is C39H56N6O8. The number of anilines is 1. The predicted molar refractivity (Wildman–Crippen MR) is 202 cm³/mol. The number of morpholine rings is 1. The van der Waals surface area contributed by atoms with Crippen molar-refractivity contribution in [3.63, 3.8) is 0 Å². The standard InChI is InChI=1S/C39H56N6O8/c1-31-7-3-4-10-34(31)40-36(46)11-6-12-42-13-19-50-25-27-52-21-15-43(16-22-53-28-26-51-20-14-42)29-35-41-38-32(2)8-5-9-33(38)39(48)45(35)30-37(47)44-17-23-49-24-18-44/h3-5,7-10H,6,11-30H2,1-2H3,(H,40,46). The van der Waals surface area contributed by atoms with E-state index in [1.165, 1.54) is 4.57 Å². The number of carbonyl (C=O) groups is 2. The Morgan fingerprint density at radius 3 is 1.91 bits per heavy atom. The second kappa shape index (κ2) is 21.8. The lowest BCUT2D eigenvalue weighted by Crippen LogP contribution is -2.44. The third-order valence-electron chi connectivity index (χ3n) is 9.54. The van der Waals surface area contributed by atoms with E-state index in [9.17, 15) is 14.4 Å². The lowest BCUT2D eigenvalue weighted by molar-refractivity contribution is -0.136. The number of benzene rings is 2. The van der Waals surface area contributed by atoms with E-state index in [0.717, 1.165) is 42.9 Å². The van der Waals surface area contributed by atoms with E-state index in [-0.39, 0.29) is 23.9 Å². The molecule has 1 N–H and O–H groups in total. The number of amides is 2. The number of nitrogens with one attached hydrogen (secondary N) is 1. The number of nitrogens with zero attached hydrogens (tertiary/aromatic N) is 5. The van der Waals surface area contributed by atoms with Gasteiger partial charge in [0.25, 0.3) is 5.56 Å². The Morgan fingerprint density at radius 2 is 1.26 bits per heavy atom. The van der Waals surface area contributed by atoms with Gasteiger partial charge in [0, 0.05) is 51.4 Å². The minimum absolute atomic E-state index is 0.0119. The molecule has 290 valence electrons. The monoisotopic (exact) mass is 736 g/mol. The van der Waals surface area contributed by atoms with Crippen molar-refractivity contribution in [2.24, 2.45) is 0 Å². The van der Waals surface area contributed by atoms with Crippen LogP contribution in [0.15, 0.2) is 47.3 Å². The molecule has 2 saturated heterocycles. The molecule has 14 nitrogen and oxygen atoms in total. The molecule has 0 aliphatic carbocycles. The van der Waals surface area contributed by atoms with Gasteiger partial charge in [-0.15, -0.1) is 0 Å². The van der Waals surface area contributed by atoms with E-state index in [1.54, 1.807) is 11.0 Å². The first-order valence-electron chi connectivity index (χ1n) is 18.8. The Bertz CT molecular complexity index is 1640. The van der Waals surface area contributed by atoms with Crippen LogP contribution in [0.1, 0.15) is 29.8 Å². The van der Waals surface area contributed by atoms with Crippen LogP contribution in [0.25, 0.3) is 10.9 Å². The van der Waals surface area contributed by atoms with E-state index < -0.39 is 0 Å². The first-order valence-corrected chi connectivity index (χ1v) is 18.8. The van der Waals surface area contributed by atoms with Gasteiger partial charge in [-0.1, -0.05) is 30.3 Å². The average molecular weight is 737 g/mol. The van der Waals surface area contributed by atoms with E-state index in [0.29, 0.717) is 122 Å². The quantitative estimate of drug-likeness (QED) is 0.347. The highest BCUT2D eigenvalue weighted by molar-refractivity contribution is 5.91. The van der Waals surface area contributed by atoms with Crippen LogP contribution in [-0.2, 0) is 46.4 Å². The van der Waals surface area contributed by atoms with Crippen LogP contribution >= 0.6 is 0 Å². The predicted octanol–water partition coefficient (Wildman–Crippen LogP) is 2.48. The molecule has 0 radical (unpaired) electrons. The Morgan fingerprint density at radius 1 is 0.698 bits per heavy atom. The van der Waals surface area contributed by atoms with Gasteiger partial charge in [-0.3, -0.25) is 28.8 Å². The van der Waals surface area contributed by atoms with Gasteiger partial charge in [0.1, 0.15) is 12.4 Å². The maximum absolute atomic E-state index is 13.8. The summed E-state index contributed by atoms with van der Waals surface area (Å²) < 4.78 is 30.7. The maximum atomic E-state index is 13.8. The molecule has 2 fully saturated rings. The molecule has 0 spiro atoms. The molecule has 3 heterocycles. The minimum Gasteiger partial charge on any atom is -0.378 e. The van der Waals surface area contributed by atoms with Crippen LogP contribution in [0.3, 0.4) is 0 Å². The molecule has 2 aliphatic heterocycles. The molecule has 0 saturated carbocycles. The maximum Gasteiger partial charge on any atom is 0.261 e. The summed E-state index contributed by atoms with van der Waals surface area (Å²) in [6, 6.07) is 13.3. The number of para-hydroxylation sites is 2. The van der Waals surface area contributed by atoms with Crippen LogP contribution in [0.5, 0.6) is 0 Å². The van der Waals surface area contributed by atoms with Gasteiger partial charge < -0.3 is 33.9 Å². The van der Waals surface area contributed by atoms with Crippen molar-refractivity contribution < 1.29 is 33.3 Å². The zero-order valence-electron chi connectivity index (χ0n) is 31.4. The molecule has 1 aromatic heterocycles. The molecule has 2 aromatic carbocycles. The van der Waals surface area contributed by atoms with Crippen LogP contribution in [0.2, 0.25) is 0 Å². The molecule has 53 heavy (non-hydrogen) atoms. The molecule has 14 heteroatoms. The summed E-state index contributed by atoms with van der Waals surface area (Å²) in [5.41, 5.74) is 3.23. The van der Waals surface area contributed by atoms with E-state index >= 15 is 0 Å². The van der Waals surface area contributed by atoms with E-state index in [4.69, 9.17) is 28.7 Å². The molecule has 3 aromatic rings. The van der Waals surface area contributed by atoms with Gasteiger partial charge in [-0.2, -0.15) is 0 Å². The number of aromatic nitrogens is 2. The van der Waals surface area contributed by atoms with Gasteiger partial charge >= 0.3 is 0 Å². The highest BCUT2D eigenvalue weighted by Crippen LogP contribution is 2.16. The number of hydrogen-bond donors (Lipinski definition) is 1.